The van der Waals surface area contributed by atoms with Crippen molar-refractivity contribution in [2.45, 2.75) is 12.3 Å². The Morgan fingerprint density at radius 2 is 2.33 bits per heavy atom. The number of rotatable bonds is 2. The molecule has 1 rings (SSSR count). The Kier molecular flexibility index (Phi) is 2.69. The second-order valence-electron chi connectivity index (χ2n) is 2.16. The lowest BCUT2D eigenvalue weighted by atomic mass is 10.6. The van der Waals surface area contributed by atoms with E-state index >= 15 is 0 Å². The van der Waals surface area contributed by atoms with Gasteiger partial charge in [-0.1, -0.05) is 0 Å². The van der Waals surface area contributed by atoms with Crippen LogP contribution in [0.5, 0.6) is 0 Å². The van der Waals surface area contributed by atoms with Crippen LogP contribution in [0.1, 0.15) is 12.3 Å². The Balaban J connectivity index is 3.26. The summed E-state index contributed by atoms with van der Waals surface area (Å²) in [6, 6.07) is 0. The van der Waals surface area contributed by atoms with Gasteiger partial charge in [0.05, 0.1) is 5.37 Å². The van der Waals surface area contributed by atoms with Crippen molar-refractivity contribution in [1.82, 2.24) is 14.8 Å². The highest BCUT2D eigenvalue weighted by Gasteiger charge is 2.06. The zero-order valence-electron chi connectivity index (χ0n) is 6.70. The molecule has 65 valence electrons. The van der Waals surface area contributed by atoms with Crippen LogP contribution in [0.2, 0.25) is 0 Å². The number of hydrogen-bond donors (Lipinski definition) is 1. The van der Waals surface area contributed by atoms with Gasteiger partial charge in [-0.2, -0.15) is 0 Å². The van der Waals surface area contributed by atoms with E-state index in [1.54, 1.807) is 6.92 Å². The molecule has 1 N–H and O–H groups in total. The Bertz CT molecular complexity index is 370. The third-order valence-corrected chi connectivity index (χ3v) is 2.33. The van der Waals surface area contributed by atoms with Crippen LogP contribution in [0.15, 0.2) is 9.59 Å². The van der Waals surface area contributed by atoms with Crippen molar-refractivity contribution in [2.75, 3.05) is 6.26 Å². The van der Waals surface area contributed by atoms with Crippen LogP contribution in [0.4, 0.5) is 0 Å². The molecular formula is C6H8N3O2S. The van der Waals surface area contributed by atoms with Crippen LogP contribution in [0.3, 0.4) is 0 Å². The summed E-state index contributed by atoms with van der Waals surface area (Å²) in [5, 5.41) is 5.30. The molecule has 1 heterocycles. The number of H-pyrrole nitrogens is 1. The molecule has 0 aromatic carbocycles. The van der Waals surface area contributed by atoms with Crippen molar-refractivity contribution in [1.29, 1.82) is 0 Å². The molecular weight excluding hydrogens is 178 g/mol. The molecule has 1 radical (unpaired) electrons. The summed E-state index contributed by atoms with van der Waals surface area (Å²) >= 11 is 1.44. The van der Waals surface area contributed by atoms with Crippen molar-refractivity contribution < 1.29 is 0 Å². The fraction of sp³-hybridized carbons (Fsp3) is 0.500. The van der Waals surface area contributed by atoms with Crippen LogP contribution in [-0.2, 0) is 0 Å². The predicted octanol–water partition coefficient (Wildman–Crippen LogP) is -0.387. The van der Waals surface area contributed by atoms with Gasteiger partial charge in [-0.05, 0) is 13.2 Å². The standard InChI is InChI=1S/C6H8N3O2S/c1-4(12-2)9-3-7-8-5(10)6(9)11/h4H,1-2H3,(H,8,10). The Morgan fingerprint density at radius 1 is 1.67 bits per heavy atom. The highest BCUT2D eigenvalue weighted by Crippen LogP contribution is 2.13. The molecule has 0 fully saturated rings. The molecule has 0 aliphatic rings. The largest absolute Gasteiger partial charge is 0.330 e. The molecule has 0 bridgehead atoms. The van der Waals surface area contributed by atoms with Gasteiger partial charge in [0.1, 0.15) is 0 Å². The van der Waals surface area contributed by atoms with Gasteiger partial charge in [-0.25, -0.2) is 5.10 Å². The van der Waals surface area contributed by atoms with Crippen molar-refractivity contribution in [2.24, 2.45) is 0 Å². The van der Waals surface area contributed by atoms with Crippen LogP contribution in [-0.4, -0.2) is 21.0 Å². The van der Waals surface area contributed by atoms with Crippen LogP contribution >= 0.6 is 11.8 Å². The summed E-state index contributed by atoms with van der Waals surface area (Å²) in [5.41, 5.74) is -1.33. The van der Waals surface area contributed by atoms with E-state index in [0.29, 0.717) is 0 Å². The summed E-state index contributed by atoms with van der Waals surface area (Å²) in [7, 11) is 0. The van der Waals surface area contributed by atoms with Gasteiger partial charge in [0.15, 0.2) is 0 Å². The summed E-state index contributed by atoms with van der Waals surface area (Å²) in [6.07, 6.45) is 4.25. The zero-order chi connectivity index (χ0) is 9.14. The summed E-state index contributed by atoms with van der Waals surface area (Å²) in [5.74, 6) is 0. The second-order valence-corrected chi connectivity index (χ2v) is 3.32. The predicted molar refractivity (Wildman–Crippen MR) is 46.2 cm³/mol. The first-order valence-corrected chi connectivity index (χ1v) is 4.57. The van der Waals surface area contributed by atoms with Crippen LogP contribution < -0.4 is 11.1 Å². The topological polar surface area (TPSA) is 67.8 Å². The second kappa shape index (κ2) is 3.57. The molecule has 12 heavy (non-hydrogen) atoms. The fourth-order valence-corrected chi connectivity index (χ4v) is 1.04. The van der Waals surface area contributed by atoms with Crippen molar-refractivity contribution in [3.8, 4) is 0 Å². The van der Waals surface area contributed by atoms with Gasteiger partial charge in [0.2, 0.25) is 6.33 Å². The Morgan fingerprint density at radius 3 is 2.92 bits per heavy atom. The van der Waals surface area contributed by atoms with Gasteiger partial charge in [-0.3, -0.25) is 14.2 Å². The molecule has 0 saturated heterocycles. The van der Waals surface area contributed by atoms with E-state index in [-0.39, 0.29) is 5.37 Å². The minimum Gasteiger partial charge on any atom is -0.271 e. The molecule has 0 aliphatic carbocycles. The summed E-state index contributed by atoms with van der Waals surface area (Å²) in [4.78, 5) is 21.9. The first-order chi connectivity index (χ1) is 5.66. The first-order valence-electron chi connectivity index (χ1n) is 3.28. The van der Waals surface area contributed by atoms with Crippen LogP contribution in [0, 0.1) is 6.33 Å². The molecule has 1 aromatic heterocycles. The molecule has 0 amide bonds. The molecule has 6 heteroatoms. The fourth-order valence-electron chi connectivity index (χ4n) is 0.684. The van der Waals surface area contributed by atoms with E-state index in [4.69, 9.17) is 0 Å². The maximum absolute atomic E-state index is 11.1. The third kappa shape index (κ3) is 1.58. The van der Waals surface area contributed by atoms with E-state index in [0.717, 1.165) is 0 Å². The van der Waals surface area contributed by atoms with E-state index in [2.05, 4.69) is 11.4 Å². The van der Waals surface area contributed by atoms with E-state index in [1.807, 2.05) is 11.4 Å². The number of nitrogens with one attached hydrogen (secondary N) is 1. The number of aromatic amines is 1. The lowest BCUT2D eigenvalue weighted by Crippen LogP contribution is -2.37. The maximum atomic E-state index is 11.1. The molecule has 0 aliphatic heterocycles. The third-order valence-electron chi connectivity index (χ3n) is 1.43. The normalized spacial score (nSPS) is 12.8. The lowest BCUT2D eigenvalue weighted by molar-refractivity contribution is 0.647. The van der Waals surface area contributed by atoms with E-state index in [9.17, 15) is 9.59 Å². The smallest absolute Gasteiger partial charge is 0.271 e. The van der Waals surface area contributed by atoms with Crippen LogP contribution in [0.25, 0.3) is 0 Å². The minimum absolute atomic E-state index is 0.118. The quantitative estimate of drug-likeness (QED) is 0.639. The Hall–Kier alpha value is -1.04. The zero-order valence-corrected chi connectivity index (χ0v) is 7.51. The number of hydrogen-bond acceptors (Lipinski definition) is 4. The molecule has 0 spiro atoms. The van der Waals surface area contributed by atoms with Crippen molar-refractivity contribution in [3.05, 3.63) is 27.0 Å². The minimum atomic E-state index is -0.713. The SMILES string of the molecule is CSC(C)n1[c]n[nH]c(=O)c1=O. The van der Waals surface area contributed by atoms with Crippen molar-refractivity contribution >= 4 is 11.8 Å². The van der Waals surface area contributed by atoms with Gasteiger partial charge in [-0.15, -0.1) is 16.9 Å². The highest BCUT2D eigenvalue weighted by atomic mass is 32.2. The molecule has 1 atom stereocenters. The van der Waals surface area contributed by atoms with Crippen molar-refractivity contribution in [3.63, 3.8) is 0 Å². The Labute approximate surface area is 72.8 Å². The number of aromatic nitrogens is 3. The summed E-state index contributed by atoms with van der Waals surface area (Å²) < 4.78 is 1.17. The molecule has 1 unspecified atom stereocenters. The lowest BCUT2D eigenvalue weighted by Gasteiger charge is -2.08. The number of nitrogens with zero attached hydrogens (tertiary/aromatic N) is 2. The molecule has 0 saturated carbocycles. The molecule has 5 nitrogen and oxygen atoms in total. The average molecular weight is 186 g/mol. The van der Waals surface area contributed by atoms with Gasteiger partial charge in [0, 0.05) is 0 Å². The average Bonchev–Trinajstić information content (AvgIpc) is 2.08. The van der Waals surface area contributed by atoms with Gasteiger partial charge in [0.25, 0.3) is 0 Å². The van der Waals surface area contributed by atoms with E-state index in [1.165, 1.54) is 16.3 Å². The highest BCUT2D eigenvalue weighted by molar-refractivity contribution is 7.98. The van der Waals surface area contributed by atoms with E-state index < -0.39 is 11.1 Å². The number of thioether (sulfide) groups is 1. The van der Waals surface area contributed by atoms with Gasteiger partial charge < -0.3 is 0 Å². The molecule has 1 aromatic rings. The maximum Gasteiger partial charge on any atom is 0.330 e. The van der Waals surface area contributed by atoms with Gasteiger partial charge >= 0.3 is 11.1 Å². The summed E-state index contributed by atoms with van der Waals surface area (Å²) in [6.45, 7) is 1.80. The first kappa shape index (κ1) is 9.05. The monoisotopic (exact) mass is 186 g/mol.